The Morgan fingerprint density at radius 2 is 1.47 bits per heavy atom. The van der Waals surface area contributed by atoms with Crippen LogP contribution in [0.25, 0.3) is 0 Å². The molecule has 5 heteroatoms. The Morgan fingerprint density at radius 3 is 1.53 bits per heavy atom. The molecule has 1 saturated carbocycles. The van der Waals surface area contributed by atoms with Crippen molar-refractivity contribution in [3.63, 3.8) is 0 Å². The van der Waals surface area contributed by atoms with E-state index < -0.39 is 4.84 Å². The molecule has 0 bridgehead atoms. The van der Waals surface area contributed by atoms with Crippen LogP contribution in [0.4, 0.5) is 0 Å². The standard InChI is InChI=1S/C6H12.C4H8O2.C2H4Cl2O/c1-2-4-6-5-3-1;1-3-6-4(2)5;3-2(4)1-5/h1-6H2;3H2,1-2H3;2,5H,1H2. The second-order valence-corrected chi connectivity index (χ2v) is 4.90. The van der Waals surface area contributed by atoms with Gasteiger partial charge in [-0.2, -0.15) is 0 Å². The molecule has 0 atom stereocenters. The molecule has 1 aliphatic rings. The van der Waals surface area contributed by atoms with Gasteiger partial charge in [0.25, 0.3) is 0 Å². The Kier molecular flexibility index (Phi) is 18.2. The summed E-state index contributed by atoms with van der Waals surface area (Å²) < 4.78 is 4.40. The van der Waals surface area contributed by atoms with Crippen LogP contribution in [0.5, 0.6) is 0 Å². The number of hydrogen-bond acceptors (Lipinski definition) is 3. The quantitative estimate of drug-likeness (QED) is 0.622. The van der Waals surface area contributed by atoms with E-state index in [-0.39, 0.29) is 12.6 Å². The van der Waals surface area contributed by atoms with Crippen molar-refractivity contribution in [2.75, 3.05) is 13.2 Å². The second-order valence-electron chi connectivity index (χ2n) is 3.62. The summed E-state index contributed by atoms with van der Waals surface area (Å²) >= 11 is 9.96. The van der Waals surface area contributed by atoms with Gasteiger partial charge in [-0.3, -0.25) is 4.79 Å². The Bertz CT molecular complexity index is 148. The highest BCUT2D eigenvalue weighted by Gasteiger charge is 1.95. The molecule has 1 rings (SSSR count). The number of ether oxygens (including phenoxy) is 1. The van der Waals surface area contributed by atoms with E-state index >= 15 is 0 Å². The molecule has 0 spiro atoms. The summed E-state index contributed by atoms with van der Waals surface area (Å²) in [6, 6.07) is 0. The molecule has 1 fully saturated rings. The van der Waals surface area contributed by atoms with Crippen molar-refractivity contribution in [2.45, 2.75) is 57.2 Å². The van der Waals surface area contributed by atoms with Crippen LogP contribution in [-0.2, 0) is 9.53 Å². The minimum Gasteiger partial charge on any atom is -0.466 e. The van der Waals surface area contributed by atoms with E-state index in [1.165, 1.54) is 45.4 Å². The number of alkyl halides is 2. The number of hydrogen-bond donors (Lipinski definition) is 1. The van der Waals surface area contributed by atoms with Crippen LogP contribution in [-0.4, -0.2) is 29.1 Å². The van der Waals surface area contributed by atoms with Crippen LogP contribution in [0.3, 0.4) is 0 Å². The molecular weight excluding hydrogens is 263 g/mol. The van der Waals surface area contributed by atoms with Crippen LogP contribution >= 0.6 is 23.2 Å². The first-order valence-corrected chi connectivity index (χ1v) is 6.94. The van der Waals surface area contributed by atoms with Crippen molar-refractivity contribution in [3.8, 4) is 0 Å². The van der Waals surface area contributed by atoms with E-state index in [1.807, 2.05) is 0 Å². The smallest absolute Gasteiger partial charge is 0.302 e. The van der Waals surface area contributed by atoms with Crippen LogP contribution in [0, 0.1) is 0 Å². The van der Waals surface area contributed by atoms with Crippen molar-refractivity contribution in [2.24, 2.45) is 0 Å². The number of carbonyl (C=O) groups is 1. The molecule has 0 heterocycles. The summed E-state index contributed by atoms with van der Waals surface area (Å²) in [7, 11) is 0. The van der Waals surface area contributed by atoms with Crippen molar-refractivity contribution in [1.29, 1.82) is 0 Å². The molecule has 0 saturated heterocycles. The fourth-order valence-electron chi connectivity index (χ4n) is 1.26. The minimum absolute atomic E-state index is 0.164. The SMILES string of the molecule is C1CCCCC1.CCOC(C)=O.OCC(Cl)Cl. The Morgan fingerprint density at radius 1 is 1.18 bits per heavy atom. The summed E-state index contributed by atoms with van der Waals surface area (Å²) in [5.41, 5.74) is 0. The molecule has 0 aromatic rings. The first-order chi connectivity index (χ1) is 8.04. The predicted molar refractivity (Wildman–Crippen MR) is 72.6 cm³/mol. The molecule has 0 aromatic carbocycles. The largest absolute Gasteiger partial charge is 0.466 e. The highest BCUT2D eigenvalue weighted by molar-refractivity contribution is 6.44. The van der Waals surface area contributed by atoms with E-state index in [4.69, 9.17) is 28.3 Å². The van der Waals surface area contributed by atoms with E-state index in [0.29, 0.717) is 6.61 Å². The monoisotopic (exact) mass is 286 g/mol. The number of aliphatic hydroxyl groups is 1. The fraction of sp³-hybridized carbons (Fsp3) is 0.917. The molecule has 1 N–H and O–H groups in total. The second kappa shape index (κ2) is 16.0. The van der Waals surface area contributed by atoms with Gasteiger partial charge in [-0.25, -0.2) is 0 Å². The zero-order valence-electron chi connectivity index (χ0n) is 10.8. The van der Waals surface area contributed by atoms with Gasteiger partial charge in [0.15, 0.2) is 0 Å². The predicted octanol–water partition coefficient (Wildman–Crippen LogP) is 3.69. The molecule has 104 valence electrons. The van der Waals surface area contributed by atoms with Gasteiger partial charge in [-0.05, 0) is 6.92 Å². The van der Waals surface area contributed by atoms with Crippen LogP contribution < -0.4 is 0 Å². The average Bonchev–Trinajstić information content (AvgIpc) is 2.32. The summed E-state index contributed by atoms with van der Waals surface area (Å²) in [5.74, 6) is -0.211. The first kappa shape index (κ1) is 19.4. The molecule has 17 heavy (non-hydrogen) atoms. The summed E-state index contributed by atoms with van der Waals surface area (Å²) in [4.78, 5) is 9.21. The maximum absolute atomic E-state index is 9.82. The van der Waals surface area contributed by atoms with Gasteiger partial charge in [-0.1, -0.05) is 38.5 Å². The van der Waals surface area contributed by atoms with E-state index in [1.54, 1.807) is 6.92 Å². The van der Waals surface area contributed by atoms with E-state index in [2.05, 4.69) is 4.74 Å². The van der Waals surface area contributed by atoms with Crippen LogP contribution in [0.1, 0.15) is 52.4 Å². The summed E-state index contributed by atoms with van der Waals surface area (Å²) in [6.07, 6.45) is 9.00. The summed E-state index contributed by atoms with van der Waals surface area (Å²) in [5, 5.41) is 7.88. The zero-order chi connectivity index (χ0) is 13.5. The lowest BCUT2D eigenvalue weighted by Crippen LogP contribution is -1.95. The summed E-state index contributed by atoms with van der Waals surface area (Å²) in [6.45, 7) is 3.49. The average molecular weight is 287 g/mol. The molecule has 0 unspecified atom stereocenters. The molecular formula is C12H24Cl2O3. The van der Waals surface area contributed by atoms with Gasteiger partial charge < -0.3 is 9.84 Å². The molecule has 1 aliphatic carbocycles. The molecule has 3 nitrogen and oxygen atoms in total. The third-order valence-electron chi connectivity index (χ3n) is 1.99. The lowest BCUT2D eigenvalue weighted by molar-refractivity contribution is -0.140. The van der Waals surface area contributed by atoms with Crippen molar-refractivity contribution in [3.05, 3.63) is 0 Å². The topological polar surface area (TPSA) is 46.5 Å². The Labute approximate surface area is 114 Å². The normalized spacial score (nSPS) is 14.0. The third kappa shape index (κ3) is 25.9. The lowest BCUT2D eigenvalue weighted by Gasteiger charge is -2.05. The number of esters is 1. The number of rotatable bonds is 2. The Hall–Kier alpha value is 0.01000. The fourth-order valence-corrected chi connectivity index (χ4v) is 1.26. The highest BCUT2D eigenvalue weighted by atomic mass is 35.5. The van der Waals surface area contributed by atoms with Crippen molar-refractivity contribution < 1.29 is 14.6 Å². The number of aliphatic hydroxyl groups excluding tert-OH is 1. The number of carbonyl (C=O) groups excluding carboxylic acids is 1. The molecule has 0 radical (unpaired) electrons. The maximum Gasteiger partial charge on any atom is 0.302 e. The van der Waals surface area contributed by atoms with Crippen molar-refractivity contribution >= 4 is 29.2 Å². The van der Waals surface area contributed by atoms with Gasteiger partial charge in [0, 0.05) is 6.92 Å². The maximum atomic E-state index is 9.82. The van der Waals surface area contributed by atoms with E-state index in [9.17, 15) is 4.79 Å². The van der Waals surface area contributed by atoms with Gasteiger partial charge in [0.1, 0.15) is 4.84 Å². The van der Waals surface area contributed by atoms with Crippen LogP contribution in [0.15, 0.2) is 0 Å². The van der Waals surface area contributed by atoms with Crippen LogP contribution in [0.2, 0.25) is 0 Å². The Balaban J connectivity index is 0. The van der Waals surface area contributed by atoms with Gasteiger partial charge in [0.2, 0.25) is 0 Å². The zero-order valence-corrected chi connectivity index (χ0v) is 12.3. The number of halogens is 2. The highest BCUT2D eigenvalue weighted by Crippen LogP contribution is 2.15. The van der Waals surface area contributed by atoms with Gasteiger partial charge in [0.05, 0.1) is 13.2 Å². The van der Waals surface area contributed by atoms with Crippen molar-refractivity contribution in [1.82, 2.24) is 0 Å². The minimum atomic E-state index is -0.616. The first-order valence-electron chi connectivity index (χ1n) is 6.06. The van der Waals surface area contributed by atoms with Gasteiger partial charge in [-0.15, -0.1) is 23.2 Å². The van der Waals surface area contributed by atoms with E-state index in [0.717, 1.165) is 0 Å². The van der Waals surface area contributed by atoms with Gasteiger partial charge >= 0.3 is 5.97 Å². The molecule has 0 amide bonds. The third-order valence-corrected chi connectivity index (χ3v) is 2.26. The molecule has 0 aliphatic heterocycles. The molecule has 0 aromatic heterocycles. The lowest BCUT2D eigenvalue weighted by atomic mass is 10.0.